The van der Waals surface area contributed by atoms with Crippen molar-refractivity contribution in [3.8, 4) is 11.5 Å². The van der Waals surface area contributed by atoms with Gasteiger partial charge in [-0.1, -0.05) is 19.9 Å². The molecule has 0 spiro atoms. The monoisotopic (exact) mass is 390 g/mol. The van der Waals surface area contributed by atoms with Crippen LogP contribution in [0.2, 0.25) is 0 Å². The molecule has 0 aliphatic heterocycles. The van der Waals surface area contributed by atoms with E-state index in [1.807, 2.05) is 13.8 Å². The number of hydrogen-bond donors (Lipinski definition) is 1. The van der Waals surface area contributed by atoms with Gasteiger partial charge in [-0.15, -0.1) is 0 Å². The van der Waals surface area contributed by atoms with Crippen molar-refractivity contribution in [2.45, 2.75) is 33.6 Å². The molecule has 7 nitrogen and oxygen atoms in total. The van der Waals surface area contributed by atoms with Crippen molar-refractivity contribution in [1.29, 1.82) is 0 Å². The minimum absolute atomic E-state index is 0.0501. The molecule has 1 amide bonds. The van der Waals surface area contributed by atoms with Gasteiger partial charge in [-0.3, -0.25) is 14.9 Å². The number of nitrogens with one attached hydrogen (secondary N) is 1. The van der Waals surface area contributed by atoms with E-state index in [4.69, 9.17) is 9.47 Å². The van der Waals surface area contributed by atoms with Crippen LogP contribution < -0.4 is 14.8 Å². The summed E-state index contributed by atoms with van der Waals surface area (Å²) in [6.07, 6.45) is 1.45. The maximum absolute atomic E-state index is 13.7. The number of carbonyl (C=O) groups excluding carboxylic acids is 1. The molecule has 28 heavy (non-hydrogen) atoms. The molecule has 1 N–H and O–H groups in total. The summed E-state index contributed by atoms with van der Waals surface area (Å²) in [5, 5.41) is 14.0. The van der Waals surface area contributed by atoms with Crippen molar-refractivity contribution in [3.63, 3.8) is 0 Å². The molecule has 0 atom stereocenters. The first-order chi connectivity index (χ1) is 13.4. The summed E-state index contributed by atoms with van der Waals surface area (Å²) < 4.78 is 24.9. The van der Waals surface area contributed by atoms with Gasteiger partial charge in [0.2, 0.25) is 0 Å². The zero-order valence-electron chi connectivity index (χ0n) is 16.1. The molecule has 0 heterocycles. The molecule has 150 valence electrons. The molecular weight excluding hydrogens is 367 g/mol. The van der Waals surface area contributed by atoms with Crippen LogP contribution >= 0.6 is 0 Å². The molecule has 0 aliphatic rings. The molecule has 8 heteroatoms. The fourth-order valence-electron chi connectivity index (χ4n) is 2.38. The Morgan fingerprint density at radius 3 is 2.25 bits per heavy atom. The third-order valence-electron chi connectivity index (χ3n) is 3.86. The highest BCUT2D eigenvalue weighted by molar-refractivity contribution is 6.05. The molecule has 0 bridgehead atoms. The van der Waals surface area contributed by atoms with E-state index in [1.54, 1.807) is 6.92 Å². The number of benzene rings is 2. The Balaban J connectivity index is 2.40. The summed E-state index contributed by atoms with van der Waals surface area (Å²) in [6.45, 7) is 6.17. The van der Waals surface area contributed by atoms with Crippen LogP contribution in [-0.4, -0.2) is 24.0 Å². The summed E-state index contributed by atoms with van der Waals surface area (Å²) in [5.74, 6) is -0.657. The molecule has 2 aromatic carbocycles. The lowest BCUT2D eigenvalue weighted by Gasteiger charge is -2.14. The van der Waals surface area contributed by atoms with Gasteiger partial charge in [-0.2, -0.15) is 0 Å². The Morgan fingerprint density at radius 2 is 1.71 bits per heavy atom. The minimum atomic E-state index is -0.661. The molecule has 0 aliphatic carbocycles. The molecule has 0 saturated carbocycles. The average Bonchev–Trinajstić information content (AvgIpc) is 2.67. The Hall–Kier alpha value is -3.16. The molecule has 0 unspecified atom stereocenters. The van der Waals surface area contributed by atoms with E-state index in [-0.39, 0.29) is 22.7 Å². The first kappa shape index (κ1) is 21.1. The van der Waals surface area contributed by atoms with Gasteiger partial charge in [0.05, 0.1) is 24.2 Å². The van der Waals surface area contributed by atoms with Crippen LogP contribution in [0.1, 0.15) is 42.6 Å². The topological polar surface area (TPSA) is 90.7 Å². The average molecular weight is 390 g/mol. The number of rotatable bonds is 9. The van der Waals surface area contributed by atoms with Crippen LogP contribution in [0.3, 0.4) is 0 Å². The number of nitro groups is 1. The number of nitrogens with zero attached hydrogens (tertiary/aromatic N) is 1. The van der Waals surface area contributed by atoms with Gasteiger partial charge in [0, 0.05) is 11.6 Å². The maximum Gasteiger partial charge on any atom is 0.296 e. The predicted octanol–water partition coefficient (Wildman–Crippen LogP) is 4.87. The van der Waals surface area contributed by atoms with E-state index in [1.165, 1.54) is 24.3 Å². The number of aryl methyl sites for hydroxylation is 1. The highest BCUT2D eigenvalue weighted by Gasteiger charge is 2.22. The molecule has 0 radical (unpaired) electrons. The van der Waals surface area contributed by atoms with Crippen LogP contribution in [0.25, 0.3) is 0 Å². The van der Waals surface area contributed by atoms with Gasteiger partial charge in [0.1, 0.15) is 11.5 Å². The number of hydrogen-bond acceptors (Lipinski definition) is 5. The fraction of sp³-hybridized carbons (Fsp3) is 0.350. The van der Waals surface area contributed by atoms with Crippen LogP contribution in [0.5, 0.6) is 11.5 Å². The second kappa shape index (κ2) is 9.68. The summed E-state index contributed by atoms with van der Waals surface area (Å²) in [5.41, 5.74) is 0.0664. The quantitative estimate of drug-likeness (QED) is 0.487. The molecular formula is C20H23FN2O5. The molecule has 2 rings (SSSR count). The molecule has 0 saturated heterocycles. The van der Waals surface area contributed by atoms with Gasteiger partial charge in [0.25, 0.3) is 11.6 Å². The predicted molar refractivity (Wildman–Crippen MR) is 104 cm³/mol. The Labute approximate surface area is 162 Å². The first-order valence-corrected chi connectivity index (χ1v) is 9.02. The summed E-state index contributed by atoms with van der Waals surface area (Å²) in [7, 11) is 0. The van der Waals surface area contributed by atoms with E-state index < -0.39 is 16.6 Å². The third-order valence-corrected chi connectivity index (χ3v) is 3.86. The van der Waals surface area contributed by atoms with Crippen molar-refractivity contribution in [2.75, 3.05) is 18.5 Å². The maximum atomic E-state index is 13.7. The van der Waals surface area contributed by atoms with Gasteiger partial charge in [-0.25, -0.2) is 4.39 Å². The number of halogens is 1. The number of amides is 1. The van der Waals surface area contributed by atoms with Crippen molar-refractivity contribution in [3.05, 3.63) is 57.4 Å². The van der Waals surface area contributed by atoms with E-state index in [0.717, 1.165) is 18.9 Å². The molecule has 0 aromatic heterocycles. The largest absolute Gasteiger partial charge is 0.490 e. The number of anilines is 1. The lowest BCUT2D eigenvalue weighted by molar-refractivity contribution is -0.384. The lowest BCUT2D eigenvalue weighted by atomic mass is 10.1. The van der Waals surface area contributed by atoms with Gasteiger partial charge < -0.3 is 14.8 Å². The van der Waals surface area contributed by atoms with Crippen molar-refractivity contribution in [1.82, 2.24) is 0 Å². The lowest BCUT2D eigenvalue weighted by Crippen LogP contribution is -2.14. The minimum Gasteiger partial charge on any atom is -0.490 e. The van der Waals surface area contributed by atoms with Crippen molar-refractivity contribution < 1.29 is 23.6 Å². The summed E-state index contributed by atoms with van der Waals surface area (Å²) in [6, 6.07) is 6.60. The highest BCUT2D eigenvalue weighted by Crippen LogP contribution is 2.38. The van der Waals surface area contributed by atoms with E-state index >= 15 is 0 Å². The Kier molecular flexibility index (Phi) is 7.31. The van der Waals surface area contributed by atoms with E-state index in [9.17, 15) is 19.3 Å². The van der Waals surface area contributed by atoms with Crippen LogP contribution in [-0.2, 0) is 0 Å². The first-order valence-electron chi connectivity index (χ1n) is 9.02. The Morgan fingerprint density at radius 1 is 1.11 bits per heavy atom. The second-order valence-corrected chi connectivity index (χ2v) is 6.19. The smallest absolute Gasteiger partial charge is 0.296 e. The van der Waals surface area contributed by atoms with Crippen LogP contribution in [0.4, 0.5) is 15.8 Å². The number of nitro benzene ring substituents is 1. The van der Waals surface area contributed by atoms with Crippen LogP contribution in [0, 0.1) is 22.9 Å². The van der Waals surface area contributed by atoms with E-state index in [2.05, 4.69) is 5.32 Å². The summed E-state index contributed by atoms with van der Waals surface area (Å²) in [4.78, 5) is 23.3. The third kappa shape index (κ3) is 5.18. The normalized spacial score (nSPS) is 10.4. The van der Waals surface area contributed by atoms with Crippen LogP contribution in [0.15, 0.2) is 30.3 Å². The van der Waals surface area contributed by atoms with Gasteiger partial charge in [-0.05, 0) is 37.5 Å². The standard InChI is InChI=1S/C20H23FN2O5/c1-4-8-27-18-11-16(17(23(25)26)12-19(18)28-9-5-2)22-20(24)14-7-6-13(3)15(21)10-14/h6-7,10-12H,4-5,8-9H2,1-3H3,(H,22,24). The number of carbonyl (C=O) groups is 1. The van der Waals surface area contributed by atoms with Crippen molar-refractivity contribution >= 4 is 17.3 Å². The Bertz CT molecular complexity index is 870. The molecule has 0 fully saturated rings. The van der Waals surface area contributed by atoms with E-state index in [0.29, 0.717) is 24.5 Å². The van der Waals surface area contributed by atoms with Crippen molar-refractivity contribution in [2.24, 2.45) is 0 Å². The fourth-order valence-corrected chi connectivity index (χ4v) is 2.38. The van der Waals surface area contributed by atoms with Gasteiger partial charge >= 0.3 is 0 Å². The number of ether oxygens (including phenoxy) is 2. The zero-order chi connectivity index (χ0) is 20.7. The van der Waals surface area contributed by atoms with Gasteiger partial charge in [0.15, 0.2) is 11.5 Å². The highest BCUT2D eigenvalue weighted by atomic mass is 19.1. The SMILES string of the molecule is CCCOc1cc(NC(=O)c2ccc(C)c(F)c2)c([N+](=O)[O-])cc1OCCC. The zero-order valence-corrected chi connectivity index (χ0v) is 16.1. The molecule has 2 aromatic rings. The summed E-state index contributed by atoms with van der Waals surface area (Å²) >= 11 is 0. The second-order valence-electron chi connectivity index (χ2n) is 6.19.